The molecule has 1 saturated heterocycles. The van der Waals surface area contributed by atoms with E-state index in [-0.39, 0.29) is 0 Å². The summed E-state index contributed by atoms with van der Waals surface area (Å²) in [5.74, 6) is 1.89. The highest BCUT2D eigenvalue weighted by Crippen LogP contribution is 2.15. The molecule has 0 aliphatic carbocycles. The van der Waals surface area contributed by atoms with Crippen molar-refractivity contribution >= 4 is 10.8 Å². The van der Waals surface area contributed by atoms with E-state index in [1.807, 2.05) is 6.92 Å². The molecule has 0 radical (unpaired) electrons. The summed E-state index contributed by atoms with van der Waals surface area (Å²) in [7, 11) is -0.706. The van der Waals surface area contributed by atoms with E-state index in [9.17, 15) is 4.21 Å². The second-order valence-corrected chi connectivity index (χ2v) is 5.70. The Morgan fingerprint density at radius 2 is 2.43 bits per heavy atom. The lowest BCUT2D eigenvalue weighted by atomic mass is 10.2. The molecule has 0 aromatic rings. The standard InChI is InChI=1S/C10H21NO2S/c1-9(7-11)8-14(12)6-4-10-3-2-5-13-10/h9-10H,2-8,11H2,1H3. The first-order valence-electron chi connectivity index (χ1n) is 5.39. The van der Waals surface area contributed by atoms with Crippen molar-refractivity contribution in [2.24, 2.45) is 11.7 Å². The Hall–Kier alpha value is 0.0700. The van der Waals surface area contributed by atoms with Crippen LogP contribution in [0.5, 0.6) is 0 Å². The zero-order valence-corrected chi connectivity index (χ0v) is 9.72. The molecule has 0 amide bonds. The number of ether oxygens (including phenoxy) is 1. The third kappa shape index (κ3) is 4.53. The Morgan fingerprint density at radius 1 is 1.64 bits per heavy atom. The van der Waals surface area contributed by atoms with Crippen molar-refractivity contribution in [1.82, 2.24) is 0 Å². The van der Waals surface area contributed by atoms with Gasteiger partial charge in [-0.3, -0.25) is 4.21 Å². The van der Waals surface area contributed by atoms with Gasteiger partial charge in [-0.1, -0.05) is 6.92 Å². The van der Waals surface area contributed by atoms with Gasteiger partial charge in [-0.25, -0.2) is 0 Å². The first kappa shape index (κ1) is 12.1. The van der Waals surface area contributed by atoms with Gasteiger partial charge in [-0.05, 0) is 31.7 Å². The van der Waals surface area contributed by atoms with Crippen LogP contribution in [0.15, 0.2) is 0 Å². The summed E-state index contributed by atoms with van der Waals surface area (Å²) < 4.78 is 17.0. The molecule has 3 nitrogen and oxygen atoms in total. The summed E-state index contributed by atoms with van der Waals surface area (Å²) in [6.45, 7) is 3.56. The Labute approximate surface area is 88.8 Å². The van der Waals surface area contributed by atoms with Crippen molar-refractivity contribution < 1.29 is 8.95 Å². The maximum absolute atomic E-state index is 11.6. The summed E-state index contributed by atoms with van der Waals surface area (Å²) in [5.41, 5.74) is 5.48. The van der Waals surface area contributed by atoms with E-state index < -0.39 is 10.8 Å². The van der Waals surface area contributed by atoms with Crippen molar-refractivity contribution in [1.29, 1.82) is 0 Å². The average Bonchev–Trinajstić information content (AvgIpc) is 2.67. The molecule has 0 bridgehead atoms. The molecule has 4 heteroatoms. The highest BCUT2D eigenvalue weighted by molar-refractivity contribution is 7.84. The number of hydrogen-bond acceptors (Lipinski definition) is 3. The Kier molecular flexibility index (Phi) is 5.67. The van der Waals surface area contributed by atoms with Crippen molar-refractivity contribution in [2.45, 2.75) is 32.3 Å². The number of rotatable bonds is 6. The summed E-state index contributed by atoms with van der Waals surface area (Å²) in [4.78, 5) is 0. The fourth-order valence-corrected chi connectivity index (χ4v) is 3.07. The maximum atomic E-state index is 11.6. The van der Waals surface area contributed by atoms with Gasteiger partial charge in [0.05, 0.1) is 6.10 Å². The lowest BCUT2D eigenvalue weighted by Gasteiger charge is -2.10. The smallest absolute Gasteiger partial charge is 0.0584 e. The highest BCUT2D eigenvalue weighted by atomic mass is 32.2. The van der Waals surface area contributed by atoms with E-state index in [1.165, 1.54) is 0 Å². The predicted octanol–water partition coefficient (Wildman–Crippen LogP) is 0.899. The van der Waals surface area contributed by atoms with Crippen LogP contribution in [0.1, 0.15) is 26.2 Å². The maximum Gasteiger partial charge on any atom is 0.0584 e. The number of nitrogens with two attached hydrogens (primary N) is 1. The predicted molar refractivity (Wildman–Crippen MR) is 59.7 cm³/mol. The third-order valence-electron chi connectivity index (χ3n) is 2.56. The van der Waals surface area contributed by atoms with Gasteiger partial charge in [-0.15, -0.1) is 0 Å². The molecule has 1 heterocycles. The van der Waals surface area contributed by atoms with Gasteiger partial charge >= 0.3 is 0 Å². The molecule has 84 valence electrons. The molecular weight excluding hydrogens is 198 g/mol. The van der Waals surface area contributed by atoms with Crippen LogP contribution in [0.25, 0.3) is 0 Å². The Morgan fingerprint density at radius 3 is 3.00 bits per heavy atom. The van der Waals surface area contributed by atoms with Crippen LogP contribution in [0, 0.1) is 5.92 Å². The molecule has 1 aliphatic rings. The van der Waals surface area contributed by atoms with Crippen molar-refractivity contribution in [3.63, 3.8) is 0 Å². The molecule has 0 spiro atoms. The lowest BCUT2D eigenvalue weighted by Crippen LogP contribution is -2.20. The molecule has 2 N–H and O–H groups in total. The topological polar surface area (TPSA) is 52.3 Å². The monoisotopic (exact) mass is 219 g/mol. The number of hydrogen-bond donors (Lipinski definition) is 1. The Bertz CT molecular complexity index is 181. The van der Waals surface area contributed by atoms with Gasteiger partial charge in [-0.2, -0.15) is 0 Å². The van der Waals surface area contributed by atoms with Crippen LogP contribution in [-0.4, -0.2) is 35.0 Å². The first-order chi connectivity index (χ1) is 6.72. The Balaban J connectivity index is 2.08. The quantitative estimate of drug-likeness (QED) is 0.722. The van der Waals surface area contributed by atoms with E-state index in [2.05, 4.69) is 0 Å². The molecule has 0 aromatic carbocycles. The third-order valence-corrected chi connectivity index (χ3v) is 4.20. The molecular formula is C10H21NO2S. The zero-order valence-electron chi connectivity index (χ0n) is 8.91. The summed E-state index contributed by atoms with van der Waals surface area (Å²) in [5, 5.41) is 0. The van der Waals surface area contributed by atoms with Gasteiger partial charge in [0.1, 0.15) is 0 Å². The second-order valence-electron chi connectivity index (χ2n) is 4.08. The van der Waals surface area contributed by atoms with Crippen molar-refractivity contribution in [3.8, 4) is 0 Å². The largest absolute Gasteiger partial charge is 0.378 e. The summed E-state index contributed by atoms with van der Waals surface area (Å²) in [6, 6.07) is 0. The van der Waals surface area contributed by atoms with Crippen LogP contribution in [-0.2, 0) is 15.5 Å². The SMILES string of the molecule is CC(CN)CS(=O)CCC1CCCO1. The molecule has 14 heavy (non-hydrogen) atoms. The van der Waals surface area contributed by atoms with E-state index in [4.69, 9.17) is 10.5 Å². The van der Waals surface area contributed by atoms with Crippen LogP contribution >= 0.6 is 0 Å². The van der Waals surface area contributed by atoms with Crippen LogP contribution in [0.3, 0.4) is 0 Å². The van der Waals surface area contributed by atoms with Crippen LogP contribution < -0.4 is 5.73 Å². The molecule has 0 saturated carbocycles. The summed E-state index contributed by atoms with van der Waals surface area (Å²) in [6.07, 6.45) is 3.62. The van der Waals surface area contributed by atoms with Gasteiger partial charge in [0.2, 0.25) is 0 Å². The minimum atomic E-state index is -0.706. The van der Waals surface area contributed by atoms with Crippen LogP contribution in [0.2, 0.25) is 0 Å². The fraction of sp³-hybridized carbons (Fsp3) is 1.00. The minimum absolute atomic E-state index is 0.368. The van der Waals surface area contributed by atoms with Crippen molar-refractivity contribution in [3.05, 3.63) is 0 Å². The molecule has 3 unspecified atom stereocenters. The highest BCUT2D eigenvalue weighted by Gasteiger charge is 2.16. The minimum Gasteiger partial charge on any atom is -0.378 e. The van der Waals surface area contributed by atoms with E-state index in [1.54, 1.807) is 0 Å². The van der Waals surface area contributed by atoms with E-state index >= 15 is 0 Å². The normalized spacial score (nSPS) is 26.3. The molecule has 1 fully saturated rings. The average molecular weight is 219 g/mol. The van der Waals surface area contributed by atoms with Gasteiger partial charge in [0.25, 0.3) is 0 Å². The van der Waals surface area contributed by atoms with E-state index in [0.717, 1.165) is 37.4 Å². The van der Waals surface area contributed by atoms with Gasteiger partial charge < -0.3 is 10.5 Å². The van der Waals surface area contributed by atoms with E-state index in [0.29, 0.717) is 18.6 Å². The molecule has 0 aromatic heterocycles. The fourth-order valence-electron chi connectivity index (χ4n) is 1.60. The first-order valence-corrected chi connectivity index (χ1v) is 6.88. The molecule has 1 rings (SSSR count). The molecule has 1 aliphatic heterocycles. The second kappa shape index (κ2) is 6.53. The van der Waals surface area contributed by atoms with Crippen LogP contribution in [0.4, 0.5) is 0 Å². The molecule has 3 atom stereocenters. The zero-order chi connectivity index (χ0) is 10.4. The lowest BCUT2D eigenvalue weighted by molar-refractivity contribution is 0.109. The summed E-state index contributed by atoms with van der Waals surface area (Å²) >= 11 is 0. The van der Waals surface area contributed by atoms with Gasteiger partial charge in [0, 0.05) is 28.9 Å². The van der Waals surface area contributed by atoms with Gasteiger partial charge in [0.15, 0.2) is 0 Å². The van der Waals surface area contributed by atoms with Crippen molar-refractivity contribution in [2.75, 3.05) is 24.7 Å².